The third-order valence-electron chi connectivity index (χ3n) is 2.53. The van der Waals surface area contributed by atoms with Gasteiger partial charge in [0.1, 0.15) is 0 Å². The lowest BCUT2D eigenvalue weighted by atomic mass is 10.1. The summed E-state index contributed by atoms with van der Waals surface area (Å²) in [5.41, 5.74) is 1.75. The van der Waals surface area contributed by atoms with Crippen LogP contribution in [0.25, 0.3) is 0 Å². The van der Waals surface area contributed by atoms with Gasteiger partial charge in [-0.25, -0.2) is 0 Å². The molecule has 1 amide bonds. The second kappa shape index (κ2) is 6.28. The van der Waals surface area contributed by atoms with E-state index < -0.39 is 6.10 Å². The van der Waals surface area contributed by atoms with Gasteiger partial charge in [-0.1, -0.05) is 0 Å². The molecular formula is C13H14N2O2S. The predicted octanol–water partition coefficient (Wildman–Crippen LogP) is 1.54. The maximum Gasteiger partial charge on any atom is 0.224 e. The zero-order valence-corrected chi connectivity index (χ0v) is 10.6. The van der Waals surface area contributed by atoms with E-state index in [0.717, 1.165) is 11.1 Å². The number of nitrogens with one attached hydrogen (secondary N) is 1. The van der Waals surface area contributed by atoms with Crippen molar-refractivity contribution in [2.24, 2.45) is 0 Å². The number of rotatable bonds is 5. The van der Waals surface area contributed by atoms with Crippen molar-refractivity contribution < 1.29 is 9.90 Å². The van der Waals surface area contributed by atoms with Crippen molar-refractivity contribution in [3.8, 4) is 0 Å². The average molecular weight is 262 g/mol. The average Bonchev–Trinajstić information content (AvgIpc) is 2.91. The first-order valence-corrected chi connectivity index (χ1v) is 6.56. The molecule has 0 aliphatic carbocycles. The number of aliphatic hydroxyl groups excluding tert-OH is 1. The van der Waals surface area contributed by atoms with Crippen LogP contribution >= 0.6 is 11.3 Å². The smallest absolute Gasteiger partial charge is 0.224 e. The number of carbonyl (C=O) groups excluding carboxylic acids is 1. The number of amides is 1. The van der Waals surface area contributed by atoms with Crippen molar-refractivity contribution in [2.75, 3.05) is 6.54 Å². The number of thiophene rings is 1. The first-order valence-electron chi connectivity index (χ1n) is 5.61. The molecule has 18 heavy (non-hydrogen) atoms. The first kappa shape index (κ1) is 12.7. The first-order chi connectivity index (χ1) is 8.75. The number of hydrogen-bond acceptors (Lipinski definition) is 4. The molecule has 1 atom stereocenters. The van der Waals surface area contributed by atoms with Crippen LogP contribution in [-0.4, -0.2) is 22.5 Å². The van der Waals surface area contributed by atoms with E-state index in [1.54, 1.807) is 24.5 Å². The third kappa shape index (κ3) is 3.65. The maximum atomic E-state index is 11.6. The van der Waals surface area contributed by atoms with Gasteiger partial charge in [0.15, 0.2) is 0 Å². The Morgan fingerprint density at radius 3 is 2.83 bits per heavy atom. The molecular weight excluding hydrogens is 248 g/mol. The molecule has 0 aromatic carbocycles. The van der Waals surface area contributed by atoms with Crippen molar-refractivity contribution in [3.05, 3.63) is 52.5 Å². The molecule has 0 aliphatic rings. The highest BCUT2D eigenvalue weighted by Crippen LogP contribution is 2.15. The van der Waals surface area contributed by atoms with Crippen LogP contribution in [0.15, 0.2) is 41.4 Å². The molecule has 0 radical (unpaired) electrons. The minimum Gasteiger partial charge on any atom is -0.387 e. The van der Waals surface area contributed by atoms with Crippen LogP contribution < -0.4 is 5.32 Å². The summed E-state index contributed by atoms with van der Waals surface area (Å²) in [5, 5.41) is 16.3. The predicted molar refractivity (Wildman–Crippen MR) is 70.2 cm³/mol. The molecule has 0 bridgehead atoms. The lowest BCUT2D eigenvalue weighted by Gasteiger charge is -2.10. The highest BCUT2D eigenvalue weighted by Gasteiger charge is 2.09. The molecule has 2 aromatic heterocycles. The summed E-state index contributed by atoms with van der Waals surface area (Å²) in [4.78, 5) is 15.5. The van der Waals surface area contributed by atoms with E-state index in [0.29, 0.717) is 6.42 Å². The van der Waals surface area contributed by atoms with Crippen LogP contribution in [0.5, 0.6) is 0 Å². The van der Waals surface area contributed by atoms with E-state index in [2.05, 4.69) is 10.3 Å². The largest absolute Gasteiger partial charge is 0.387 e. The number of carbonyl (C=O) groups is 1. The Morgan fingerprint density at radius 2 is 2.17 bits per heavy atom. The van der Waals surface area contributed by atoms with Crippen molar-refractivity contribution in [1.29, 1.82) is 0 Å². The molecule has 0 saturated heterocycles. The summed E-state index contributed by atoms with van der Waals surface area (Å²) >= 11 is 1.53. The van der Waals surface area contributed by atoms with E-state index >= 15 is 0 Å². The Kier molecular flexibility index (Phi) is 4.44. The lowest BCUT2D eigenvalue weighted by molar-refractivity contribution is -0.120. The maximum absolute atomic E-state index is 11.6. The van der Waals surface area contributed by atoms with Crippen molar-refractivity contribution in [2.45, 2.75) is 12.5 Å². The van der Waals surface area contributed by atoms with Gasteiger partial charge in [0.25, 0.3) is 0 Å². The Hall–Kier alpha value is -1.72. The zero-order chi connectivity index (χ0) is 12.8. The molecule has 0 fully saturated rings. The number of aromatic nitrogens is 1. The van der Waals surface area contributed by atoms with Crippen LogP contribution in [0.1, 0.15) is 17.2 Å². The van der Waals surface area contributed by atoms with Gasteiger partial charge in [0, 0.05) is 18.9 Å². The van der Waals surface area contributed by atoms with E-state index in [1.165, 1.54) is 11.3 Å². The summed E-state index contributed by atoms with van der Waals surface area (Å²) in [6.45, 7) is 0.237. The van der Waals surface area contributed by atoms with Gasteiger partial charge in [-0.05, 0) is 40.1 Å². The van der Waals surface area contributed by atoms with Gasteiger partial charge >= 0.3 is 0 Å². The molecule has 2 aromatic rings. The SMILES string of the molecule is O=C(Cc1ccncc1)NCC(O)c1ccsc1. The minimum atomic E-state index is -0.641. The summed E-state index contributed by atoms with van der Waals surface area (Å²) in [6.07, 6.45) is 2.97. The van der Waals surface area contributed by atoms with Gasteiger partial charge < -0.3 is 10.4 Å². The molecule has 4 nitrogen and oxygen atoms in total. The fourth-order valence-electron chi connectivity index (χ4n) is 1.54. The van der Waals surface area contributed by atoms with Crippen molar-refractivity contribution in [3.63, 3.8) is 0 Å². The third-order valence-corrected chi connectivity index (χ3v) is 3.24. The van der Waals surface area contributed by atoms with Crippen LogP contribution in [0.2, 0.25) is 0 Å². The zero-order valence-electron chi connectivity index (χ0n) is 9.74. The summed E-state index contributed by atoms with van der Waals surface area (Å²) in [6, 6.07) is 5.45. The lowest BCUT2D eigenvalue weighted by Crippen LogP contribution is -2.29. The molecule has 0 aliphatic heterocycles. The van der Waals surface area contributed by atoms with E-state index in [-0.39, 0.29) is 12.5 Å². The molecule has 2 N–H and O–H groups in total. The van der Waals surface area contributed by atoms with Crippen molar-refractivity contribution >= 4 is 17.2 Å². The van der Waals surface area contributed by atoms with Gasteiger partial charge in [0.2, 0.25) is 5.91 Å². The second-order valence-electron chi connectivity index (χ2n) is 3.91. The van der Waals surface area contributed by atoms with Crippen LogP contribution in [0.3, 0.4) is 0 Å². The van der Waals surface area contributed by atoms with E-state index in [9.17, 15) is 9.90 Å². The normalized spacial score (nSPS) is 12.1. The van der Waals surface area contributed by atoms with Gasteiger partial charge in [-0.15, -0.1) is 0 Å². The van der Waals surface area contributed by atoms with Crippen LogP contribution in [0.4, 0.5) is 0 Å². The summed E-state index contributed by atoms with van der Waals surface area (Å²) in [5.74, 6) is -0.101. The summed E-state index contributed by atoms with van der Waals surface area (Å²) in [7, 11) is 0. The quantitative estimate of drug-likeness (QED) is 0.859. The molecule has 0 spiro atoms. The molecule has 2 heterocycles. The van der Waals surface area contributed by atoms with Crippen LogP contribution in [-0.2, 0) is 11.2 Å². The number of aliphatic hydroxyl groups is 1. The Morgan fingerprint density at radius 1 is 1.39 bits per heavy atom. The van der Waals surface area contributed by atoms with Crippen molar-refractivity contribution in [1.82, 2.24) is 10.3 Å². The fourth-order valence-corrected chi connectivity index (χ4v) is 2.25. The van der Waals surface area contributed by atoms with Gasteiger partial charge in [-0.2, -0.15) is 11.3 Å². The van der Waals surface area contributed by atoms with Gasteiger partial charge in [0.05, 0.1) is 12.5 Å². The summed E-state index contributed by atoms with van der Waals surface area (Å²) < 4.78 is 0. The van der Waals surface area contributed by atoms with E-state index in [1.807, 2.05) is 16.8 Å². The number of nitrogens with zero attached hydrogens (tertiary/aromatic N) is 1. The molecule has 0 saturated carbocycles. The van der Waals surface area contributed by atoms with Gasteiger partial charge in [-0.3, -0.25) is 9.78 Å². The second-order valence-corrected chi connectivity index (χ2v) is 4.69. The van der Waals surface area contributed by atoms with Crippen LogP contribution in [0, 0.1) is 0 Å². The topological polar surface area (TPSA) is 62.2 Å². The van der Waals surface area contributed by atoms with E-state index in [4.69, 9.17) is 0 Å². The minimum absolute atomic E-state index is 0.101. The molecule has 1 unspecified atom stereocenters. The Balaban J connectivity index is 1.79. The number of pyridine rings is 1. The molecule has 2 rings (SSSR count). The molecule has 94 valence electrons. The number of hydrogen-bond donors (Lipinski definition) is 2. The fraction of sp³-hybridized carbons (Fsp3) is 0.231. The highest BCUT2D eigenvalue weighted by atomic mass is 32.1. The standard InChI is InChI=1S/C13H14N2O2S/c16-12(11-3-6-18-9-11)8-15-13(17)7-10-1-4-14-5-2-10/h1-6,9,12,16H,7-8H2,(H,15,17). The Labute approximate surface area is 109 Å². The monoisotopic (exact) mass is 262 g/mol. The highest BCUT2D eigenvalue weighted by molar-refractivity contribution is 7.07. The Bertz CT molecular complexity index is 485. The molecule has 5 heteroatoms.